The number of hydrogen-bond acceptors (Lipinski definition) is 5. The minimum Gasteiger partial charge on any atom is -0.463 e. The van der Waals surface area contributed by atoms with Crippen molar-refractivity contribution >= 4 is 17.8 Å². The molecule has 1 aromatic rings. The van der Waals surface area contributed by atoms with Gasteiger partial charge in [-0.25, -0.2) is 9.59 Å². The van der Waals surface area contributed by atoms with Crippen LogP contribution in [0.5, 0.6) is 0 Å². The van der Waals surface area contributed by atoms with Crippen LogP contribution in [0.15, 0.2) is 30.3 Å². The van der Waals surface area contributed by atoms with Gasteiger partial charge in [0.1, 0.15) is 0 Å². The molecule has 0 aliphatic carbocycles. The second-order valence-electron chi connectivity index (χ2n) is 3.72. The first-order chi connectivity index (χ1) is 9.08. The number of rotatable bonds is 5. The highest BCUT2D eigenvalue weighted by molar-refractivity contribution is 6.33. The first-order valence-corrected chi connectivity index (χ1v) is 5.59. The Labute approximate surface area is 110 Å². The predicted octanol–water partition coefficient (Wildman–Crippen LogP) is 1.22. The Bertz CT molecular complexity index is 457. The number of benzene rings is 1. The van der Waals surface area contributed by atoms with Gasteiger partial charge in [-0.15, -0.1) is 0 Å². The van der Waals surface area contributed by atoms with Crippen molar-refractivity contribution in [1.82, 2.24) is 5.32 Å². The summed E-state index contributed by atoms with van der Waals surface area (Å²) in [6, 6.07) is 8.19. The SMILES string of the molecule is COC(=O)N[C@@H](CC(=O)C(=O)OC)c1ccccc1. The standard InChI is InChI=1S/C13H15NO5/c1-18-12(16)11(15)8-10(14-13(17)19-2)9-6-4-3-5-7-9/h3-7,10H,8H2,1-2H3,(H,14,17)/t10-/m0/s1. The maximum absolute atomic E-state index is 11.6. The third kappa shape index (κ3) is 4.42. The number of alkyl carbamates (subject to hydrolysis) is 1. The summed E-state index contributed by atoms with van der Waals surface area (Å²) >= 11 is 0. The van der Waals surface area contributed by atoms with Gasteiger partial charge in [0.25, 0.3) is 0 Å². The number of ether oxygens (including phenoxy) is 2. The van der Waals surface area contributed by atoms with E-state index in [1.165, 1.54) is 7.11 Å². The number of carbonyl (C=O) groups excluding carboxylic acids is 3. The number of hydrogen-bond donors (Lipinski definition) is 1. The molecule has 0 unspecified atom stereocenters. The fourth-order valence-corrected chi connectivity index (χ4v) is 1.52. The van der Waals surface area contributed by atoms with E-state index in [9.17, 15) is 14.4 Å². The molecule has 0 saturated carbocycles. The molecule has 0 heterocycles. The average molecular weight is 265 g/mol. The molecule has 19 heavy (non-hydrogen) atoms. The lowest BCUT2D eigenvalue weighted by molar-refractivity contribution is -0.151. The van der Waals surface area contributed by atoms with Crippen LogP contribution >= 0.6 is 0 Å². The lowest BCUT2D eigenvalue weighted by Crippen LogP contribution is -2.31. The highest BCUT2D eigenvalue weighted by atomic mass is 16.5. The minimum absolute atomic E-state index is 0.189. The van der Waals surface area contributed by atoms with Gasteiger partial charge in [0.2, 0.25) is 5.78 Å². The minimum atomic E-state index is -0.937. The van der Waals surface area contributed by atoms with E-state index in [4.69, 9.17) is 0 Å². The molecule has 1 N–H and O–H groups in total. The van der Waals surface area contributed by atoms with Crippen molar-refractivity contribution in [1.29, 1.82) is 0 Å². The molecule has 0 aromatic heterocycles. The van der Waals surface area contributed by atoms with E-state index < -0.39 is 23.9 Å². The highest BCUT2D eigenvalue weighted by Crippen LogP contribution is 2.17. The van der Waals surface area contributed by atoms with Gasteiger partial charge >= 0.3 is 12.1 Å². The zero-order valence-electron chi connectivity index (χ0n) is 10.7. The summed E-state index contributed by atoms with van der Waals surface area (Å²) in [4.78, 5) is 33.9. The zero-order valence-corrected chi connectivity index (χ0v) is 10.7. The summed E-state index contributed by atoms with van der Waals surface area (Å²) in [7, 11) is 2.35. The second-order valence-corrected chi connectivity index (χ2v) is 3.72. The van der Waals surface area contributed by atoms with Crippen molar-refractivity contribution in [3.8, 4) is 0 Å². The highest BCUT2D eigenvalue weighted by Gasteiger charge is 2.23. The smallest absolute Gasteiger partial charge is 0.407 e. The molecule has 1 rings (SSSR count). The lowest BCUT2D eigenvalue weighted by Gasteiger charge is -2.17. The number of esters is 1. The Morgan fingerprint density at radius 1 is 1.11 bits per heavy atom. The molecule has 102 valence electrons. The number of carbonyl (C=O) groups is 3. The summed E-state index contributed by atoms with van der Waals surface area (Å²) in [5.41, 5.74) is 0.699. The molecule has 1 aromatic carbocycles. The quantitative estimate of drug-likeness (QED) is 0.639. The maximum Gasteiger partial charge on any atom is 0.407 e. The Morgan fingerprint density at radius 3 is 2.26 bits per heavy atom. The van der Waals surface area contributed by atoms with E-state index in [2.05, 4.69) is 14.8 Å². The fourth-order valence-electron chi connectivity index (χ4n) is 1.52. The van der Waals surface area contributed by atoms with Gasteiger partial charge < -0.3 is 14.8 Å². The van der Waals surface area contributed by atoms with Gasteiger partial charge in [-0.3, -0.25) is 4.79 Å². The molecule has 1 atom stereocenters. The third-order valence-corrected chi connectivity index (χ3v) is 2.48. The summed E-state index contributed by atoms with van der Waals surface area (Å²) in [6.07, 6.45) is -0.863. The summed E-state index contributed by atoms with van der Waals surface area (Å²) in [5.74, 6) is -1.65. The van der Waals surface area contributed by atoms with Crippen LogP contribution in [-0.2, 0) is 19.1 Å². The van der Waals surface area contributed by atoms with E-state index >= 15 is 0 Å². The first-order valence-electron chi connectivity index (χ1n) is 5.59. The number of nitrogens with one attached hydrogen (secondary N) is 1. The Balaban J connectivity index is 2.84. The van der Waals surface area contributed by atoms with Gasteiger partial charge in [0, 0.05) is 6.42 Å². The maximum atomic E-state index is 11.6. The third-order valence-electron chi connectivity index (χ3n) is 2.48. The van der Waals surface area contributed by atoms with Crippen molar-refractivity contribution in [2.24, 2.45) is 0 Å². The van der Waals surface area contributed by atoms with Crippen LogP contribution in [0.1, 0.15) is 18.0 Å². The number of Topliss-reactive ketones (excluding diaryl/α,β-unsaturated/α-hetero) is 1. The second kappa shape index (κ2) is 7.15. The Hall–Kier alpha value is -2.37. The van der Waals surface area contributed by atoms with Crippen molar-refractivity contribution in [2.45, 2.75) is 12.5 Å². The van der Waals surface area contributed by atoms with Crippen LogP contribution in [-0.4, -0.2) is 32.1 Å². The van der Waals surface area contributed by atoms with Gasteiger partial charge in [0.05, 0.1) is 20.3 Å². The van der Waals surface area contributed by atoms with Crippen molar-refractivity contribution in [3.05, 3.63) is 35.9 Å². The molecule has 6 nitrogen and oxygen atoms in total. The molecule has 0 fully saturated rings. The summed E-state index contributed by atoms with van der Waals surface area (Å²) in [5, 5.41) is 2.50. The van der Waals surface area contributed by atoms with Crippen LogP contribution in [0, 0.1) is 0 Å². The monoisotopic (exact) mass is 265 g/mol. The van der Waals surface area contributed by atoms with E-state index in [0.29, 0.717) is 5.56 Å². The van der Waals surface area contributed by atoms with Crippen LogP contribution < -0.4 is 5.32 Å². The molecule has 0 aliphatic heterocycles. The summed E-state index contributed by atoms with van der Waals surface area (Å²) < 4.78 is 8.84. The van der Waals surface area contributed by atoms with Gasteiger partial charge in [-0.05, 0) is 5.56 Å². The van der Waals surface area contributed by atoms with Gasteiger partial charge in [-0.2, -0.15) is 0 Å². The number of methoxy groups -OCH3 is 2. The van der Waals surface area contributed by atoms with Gasteiger partial charge in [-0.1, -0.05) is 30.3 Å². The van der Waals surface area contributed by atoms with E-state index in [1.807, 2.05) is 0 Å². The van der Waals surface area contributed by atoms with E-state index in [0.717, 1.165) is 7.11 Å². The van der Waals surface area contributed by atoms with E-state index in [1.54, 1.807) is 30.3 Å². The normalized spacial score (nSPS) is 11.3. The Morgan fingerprint density at radius 2 is 1.74 bits per heavy atom. The fraction of sp³-hybridized carbons (Fsp3) is 0.308. The molecule has 0 aliphatic rings. The van der Waals surface area contributed by atoms with Crippen molar-refractivity contribution in [2.75, 3.05) is 14.2 Å². The molecule has 1 amide bonds. The average Bonchev–Trinajstić information content (AvgIpc) is 2.46. The lowest BCUT2D eigenvalue weighted by atomic mass is 10.0. The molecule has 0 spiro atoms. The molecular weight excluding hydrogens is 250 g/mol. The molecule has 0 bridgehead atoms. The summed E-state index contributed by atoms with van der Waals surface area (Å²) in [6.45, 7) is 0. The topological polar surface area (TPSA) is 81.7 Å². The largest absolute Gasteiger partial charge is 0.463 e. The number of ketones is 1. The van der Waals surface area contributed by atoms with E-state index in [-0.39, 0.29) is 6.42 Å². The molecule has 0 saturated heterocycles. The number of amides is 1. The molecule has 0 radical (unpaired) electrons. The molecular formula is C13H15NO5. The molecule has 6 heteroatoms. The first kappa shape index (κ1) is 14.7. The van der Waals surface area contributed by atoms with Crippen LogP contribution in [0.25, 0.3) is 0 Å². The van der Waals surface area contributed by atoms with Crippen LogP contribution in [0.4, 0.5) is 4.79 Å². The van der Waals surface area contributed by atoms with Crippen LogP contribution in [0.2, 0.25) is 0 Å². The van der Waals surface area contributed by atoms with Gasteiger partial charge in [0.15, 0.2) is 0 Å². The van der Waals surface area contributed by atoms with Crippen molar-refractivity contribution in [3.63, 3.8) is 0 Å². The van der Waals surface area contributed by atoms with Crippen LogP contribution in [0.3, 0.4) is 0 Å². The van der Waals surface area contributed by atoms with Crippen molar-refractivity contribution < 1.29 is 23.9 Å². The zero-order chi connectivity index (χ0) is 14.3. The Kier molecular flexibility index (Phi) is 5.53. The predicted molar refractivity (Wildman–Crippen MR) is 66.4 cm³/mol.